The van der Waals surface area contributed by atoms with E-state index >= 15 is 0 Å². The molecule has 1 amide bonds. The molecule has 0 aromatic heterocycles. The summed E-state index contributed by atoms with van der Waals surface area (Å²) in [6.45, 7) is 1.67. The largest absolute Gasteiger partial charge is 0.481 e. The predicted molar refractivity (Wildman–Crippen MR) is 66.3 cm³/mol. The molecule has 0 aliphatic carbocycles. The van der Waals surface area contributed by atoms with Gasteiger partial charge in [-0.15, -0.1) is 0 Å². The number of aliphatic carboxylic acids is 1. The third-order valence-electron chi connectivity index (χ3n) is 2.55. The van der Waals surface area contributed by atoms with Crippen LogP contribution in [0.2, 0.25) is 5.02 Å². The Morgan fingerprint density at radius 2 is 1.88 bits per heavy atom. The summed E-state index contributed by atoms with van der Waals surface area (Å²) in [5.74, 6) is -2.53. The van der Waals surface area contributed by atoms with Crippen molar-refractivity contribution in [3.05, 3.63) is 29.3 Å². The smallest absolute Gasteiger partial charge is 0.316 e. The second kappa shape index (κ2) is 5.68. The van der Waals surface area contributed by atoms with Crippen molar-refractivity contribution >= 4 is 29.2 Å². The highest BCUT2D eigenvalue weighted by Crippen LogP contribution is 2.19. The first-order chi connectivity index (χ1) is 7.97. The second-order valence-corrected chi connectivity index (χ2v) is 4.11. The van der Waals surface area contributed by atoms with E-state index in [9.17, 15) is 9.59 Å². The zero-order valence-electron chi connectivity index (χ0n) is 9.68. The monoisotopic (exact) mass is 255 g/mol. The molecule has 1 aromatic carbocycles. The molecule has 1 rings (SSSR count). The minimum atomic E-state index is -1.10. The Hall–Kier alpha value is -1.55. The van der Waals surface area contributed by atoms with Crippen molar-refractivity contribution in [1.82, 2.24) is 0 Å². The first kappa shape index (κ1) is 13.5. The molecular weight excluding hydrogens is 242 g/mol. The van der Waals surface area contributed by atoms with Crippen LogP contribution in [0.5, 0.6) is 0 Å². The molecule has 0 spiro atoms. The molecule has 4 nitrogen and oxygen atoms in total. The van der Waals surface area contributed by atoms with Crippen LogP contribution in [0.25, 0.3) is 0 Å². The highest BCUT2D eigenvalue weighted by Gasteiger charge is 2.27. The van der Waals surface area contributed by atoms with Gasteiger partial charge in [-0.25, -0.2) is 0 Å². The first-order valence-electron chi connectivity index (χ1n) is 5.23. The van der Waals surface area contributed by atoms with Crippen molar-refractivity contribution in [1.29, 1.82) is 0 Å². The molecule has 0 aliphatic rings. The highest BCUT2D eigenvalue weighted by atomic mass is 35.5. The fraction of sp³-hybridized carbons (Fsp3) is 0.333. The van der Waals surface area contributed by atoms with Crippen LogP contribution in [0.15, 0.2) is 24.3 Å². The lowest BCUT2D eigenvalue weighted by Crippen LogP contribution is -2.36. The number of carboxylic acid groups (broad SMARTS) is 1. The van der Waals surface area contributed by atoms with E-state index in [0.717, 1.165) is 0 Å². The summed E-state index contributed by atoms with van der Waals surface area (Å²) in [6.07, 6.45) is 0.270. The van der Waals surface area contributed by atoms with Crippen LogP contribution in [0.1, 0.15) is 13.3 Å². The molecule has 0 aliphatic heterocycles. The summed E-state index contributed by atoms with van der Waals surface area (Å²) in [5.41, 5.74) is 0.624. The molecule has 0 saturated heterocycles. The molecular formula is C12H14ClNO3. The molecule has 0 fully saturated rings. The van der Waals surface area contributed by atoms with Gasteiger partial charge in [-0.1, -0.05) is 18.5 Å². The molecule has 1 N–H and O–H groups in total. The highest BCUT2D eigenvalue weighted by molar-refractivity contribution is 6.30. The van der Waals surface area contributed by atoms with Crippen LogP contribution in [0.3, 0.4) is 0 Å². The lowest BCUT2D eigenvalue weighted by molar-refractivity contribution is -0.146. The van der Waals surface area contributed by atoms with E-state index in [4.69, 9.17) is 16.7 Å². The Morgan fingerprint density at radius 1 is 1.35 bits per heavy atom. The number of hydrogen-bond donors (Lipinski definition) is 1. The summed E-state index contributed by atoms with van der Waals surface area (Å²) < 4.78 is 0. The van der Waals surface area contributed by atoms with E-state index in [1.807, 2.05) is 0 Å². The maximum atomic E-state index is 11.9. The number of benzene rings is 1. The number of rotatable bonds is 4. The molecule has 92 valence electrons. The van der Waals surface area contributed by atoms with E-state index in [1.165, 1.54) is 4.90 Å². The Balaban J connectivity index is 2.89. The number of hydrogen-bond acceptors (Lipinski definition) is 2. The zero-order valence-corrected chi connectivity index (χ0v) is 10.4. The Labute approximate surface area is 105 Å². The zero-order chi connectivity index (χ0) is 13.0. The van der Waals surface area contributed by atoms with Crippen LogP contribution in [0, 0.1) is 5.92 Å². The van der Waals surface area contributed by atoms with Gasteiger partial charge in [0.25, 0.3) is 0 Å². The van der Waals surface area contributed by atoms with Gasteiger partial charge in [-0.05, 0) is 30.7 Å². The average molecular weight is 256 g/mol. The van der Waals surface area contributed by atoms with E-state index < -0.39 is 17.8 Å². The SMILES string of the molecule is CCC(C(=O)O)C(=O)N(C)c1ccc(Cl)cc1. The van der Waals surface area contributed by atoms with Crippen LogP contribution in [-0.2, 0) is 9.59 Å². The molecule has 0 heterocycles. The standard InChI is InChI=1S/C12H14ClNO3/c1-3-10(12(16)17)11(15)14(2)9-6-4-8(13)5-7-9/h4-7,10H,3H2,1-2H3,(H,16,17). The van der Waals surface area contributed by atoms with Gasteiger partial charge in [-0.2, -0.15) is 0 Å². The lowest BCUT2D eigenvalue weighted by atomic mass is 10.1. The third-order valence-corrected chi connectivity index (χ3v) is 2.80. The summed E-state index contributed by atoms with van der Waals surface area (Å²) in [5, 5.41) is 9.48. The number of halogens is 1. The van der Waals surface area contributed by atoms with E-state index in [0.29, 0.717) is 10.7 Å². The summed E-state index contributed by atoms with van der Waals surface area (Å²) in [4.78, 5) is 24.1. The van der Waals surface area contributed by atoms with Crippen molar-refractivity contribution in [2.24, 2.45) is 5.92 Å². The summed E-state index contributed by atoms with van der Waals surface area (Å²) in [7, 11) is 1.55. The van der Waals surface area contributed by atoms with Gasteiger partial charge in [0.05, 0.1) is 0 Å². The number of carbonyl (C=O) groups excluding carboxylic acids is 1. The minimum Gasteiger partial charge on any atom is -0.481 e. The van der Waals surface area contributed by atoms with E-state index in [-0.39, 0.29) is 6.42 Å². The molecule has 0 bridgehead atoms. The molecule has 1 aromatic rings. The maximum Gasteiger partial charge on any atom is 0.316 e. The van der Waals surface area contributed by atoms with Gasteiger partial charge < -0.3 is 10.0 Å². The second-order valence-electron chi connectivity index (χ2n) is 3.67. The number of carbonyl (C=O) groups is 2. The van der Waals surface area contributed by atoms with Gasteiger partial charge in [0.2, 0.25) is 5.91 Å². The Morgan fingerprint density at radius 3 is 2.29 bits per heavy atom. The third kappa shape index (κ3) is 3.20. The molecule has 5 heteroatoms. The van der Waals surface area contributed by atoms with Gasteiger partial charge in [0.15, 0.2) is 0 Å². The van der Waals surface area contributed by atoms with Crippen molar-refractivity contribution in [2.75, 3.05) is 11.9 Å². The molecule has 0 radical (unpaired) electrons. The summed E-state index contributed by atoms with van der Waals surface area (Å²) in [6, 6.07) is 6.66. The fourth-order valence-electron chi connectivity index (χ4n) is 1.48. The first-order valence-corrected chi connectivity index (χ1v) is 5.61. The van der Waals surface area contributed by atoms with E-state index in [2.05, 4.69) is 0 Å². The molecule has 0 saturated carbocycles. The lowest BCUT2D eigenvalue weighted by Gasteiger charge is -2.20. The van der Waals surface area contributed by atoms with Crippen molar-refractivity contribution in [3.63, 3.8) is 0 Å². The number of nitrogens with zero attached hydrogens (tertiary/aromatic N) is 1. The number of amides is 1. The Kier molecular flexibility index (Phi) is 4.52. The predicted octanol–water partition coefficient (Wildman–Crippen LogP) is 2.41. The average Bonchev–Trinajstić information content (AvgIpc) is 2.29. The quantitative estimate of drug-likeness (QED) is 0.841. The van der Waals surface area contributed by atoms with Gasteiger partial charge in [-0.3, -0.25) is 9.59 Å². The van der Waals surface area contributed by atoms with E-state index in [1.54, 1.807) is 38.2 Å². The van der Waals surface area contributed by atoms with Crippen molar-refractivity contribution in [2.45, 2.75) is 13.3 Å². The topological polar surface area (TPSA) is 57.6 Å². The summed E-state index contributed by atoms with van der Waals surface area (Å²) >= 11 is 5.74. The Bertz CT molecular complexity index is 416. The van der Waals surface area contributed by atoms with Gasteiger partial charge in [0.1, 0.15) is 5.92 Å². The van der Waals surface area contributed by atoms with Crippen molar-refractivity contribution < 1.29 is 14.7 Å². The molecule has 1 unspecified atom stereocenters. The van der Waals surface area contributed by atoms with Crippen LogP contribution in [-0.4, -0.2) is 24.0 Å². The van der Waals surface area contributed by atoms with Gasteiger partial charge in [0, 0.05) is 17.8 Å². The normalized spacial score (nSPS) is 11.9. The number of carboxylic acids is 1. The fourth-order valence-corrected chi connectivity index (χ4v) is 1.61. The van der Waals surface area contributed by atoms with Crippen LogP contribution in [0.4, 0.5) is 5.69 Å². The van der Waals surface area contributed by atoms with Gasteiger partial charge >= 0.3 is 5.97 Å². The van der Waals surface area contributed by atoms with Crippen LogP contribution < -0.4 is 4.90 Å². The van der Waals surface area contributed by atoms with Crippen LogP contribution >= 0.6 is 11.6 Å². The molecule has 17 heavy (non-hydrogen) atoms. The minimum absolute atomic E-state index is 0.270. The maximum absolute atomic E-state index is 11.9. The molecule has 1 atom stereocenters. The van der Waals surface area contributed by atoms with Crippen molar-refractivity contribution in [3.8, 4) is 0 Å². The number of anilines is 1.